The number of carbonyl (C=O) groups is 2. The first-order valence-corrected chi connectivity index (χ1v) is 6.59. The Morgan fingerprint density at radius 3 is 2.42 bits per heavy atom. The zero-order chi connectivity index (χ0) is 14.5. The van der Waals surface area contributed by atoms with Crippen LogP contribution in [0.1, 0.15) is 27.7 Å². The van der Waals surface area contributed by atoms with Crippen molar-refractivity contribution in [3.63, 3.8) is 0 Å². The standard InChI is InChI=1S/C13H24N2O4/c1-10(12(17)15-5-7-18-8-6-15)14-11(16)9-19-13(2,3)4/h10H,5-9H2,1-4H3,(H,14,16). The van der Waals surface area contributed by atoms with Crippen LogP contribution in [-0.4, -0.2) is 61.3 Å². The largest absolute Gasteiger partial charge is 0.378 e. The summed E-state index contributed by atoms with van der Waals surface area (Å²) in [6.45, 7) is 9.55. The first-order valence-electron chi connectivity index (χ1n) is 6.59. The number of ether oxygens (including phenoxy) is 2. The van der Waals surface area contributed by atoms with Gasteiger partial charge in [-0.2, -0.15) is 0 Å². The van der Waals surface area contributed by atoms with Crippen molar-refractivity contribution in [2.75, 3.05) is 32.9 Å². The highest BCUT2D eigenvalue weighted by Crippen LogP contribution is 2.06. The smallest absolute Gasteiger partial charge is 0.246 e. The van der Waals surface area contributed by atoms with E-state index in [1.807, 2.05) is 20.8 Å². The van der Waals surface area contributed by atoms with Gasteiger partial charge in [0, 0.05) is 13.1 Å². The zero-order valence-electron chi connectivity index (χ0n) is 12.2. The first-order chi connectivity index (χ1) is 8.79. The van der Waals surface area contributed by atoms with Gasteiger partial charge in [0.25, 0.3) is 0 Å². The minimum atomic E-state index is -0.533. The lowest BCUT2D eigenvalue weighted by molar-refractivity contribution is -0.141. The van der Waals surface area contributed by atoms with Crippen LogP contribution >= 0.6 is 0 Å². The summed E-state index contributed by atoms with van der Waals surface area (Å²) in [6.07, 6.45) is 0. The molecule has 1 fully saturated rings. The molecule has 1 atom stereocenters. The fourth-order valence-electron chi connectivity index (χ4n) is 1.68. The molecule has 1 heterocycles. The van der Waals surface area contributed by atoms with E-state index in [2.05, 4.69) is 5.32 Å². The van der Waals surface area contributed by atoms with Crippen molar-refractivity contribution in [1.82, 2.24) is 10.2 Å². The van der Waals surface area contributed by atoms with Gasteiger partial charge in [-0.1, -0.05) is 0 Å². The number of hydrogen-bond donors (Lipinski definition) is 1. The number of carbonyl (C=O) groups excluding carboxylic acids is 2. The second kappa shape index (κ2) is 6.86. The molecule has 19 heavy (non-hydrogen) atoms. The highest BCUT2D eigenvalue weighted by molar-refractivity contribution is 5.87. The summed E-state index contributed by atoms with van der Waals surface area (Å²) >= 11 is 0. The Morgan fingerprint density at radius 1 is 1.32 bits per heavy atom. The maximum Gasteiger partial charge on any atom is 0.246 e. The monoisotopic (exact) mass is 272 g/mol. The van der Waals surface area contributed by atoms with Crippen molar-refractivity contribution in [3.8, 4) is 0 Å². The fraction of sp³-hybridized carbons (Fsp3) is 0.846. The average molecular weight is 272 g/mol. The summed E-state index contributed by atoms with van der Waals surface area (Å²) < 4.78 is 10.5. The van der Waals surface area contributed by atoms with Gasteiger partial charge in [-0.15, -0.1) is 0 Å². The lowest BCUT2D eigenvalue weighted by Crippen LogP contribution is -2.51. The van der Waals surface area contributed by atoms with E-state index in [0.29, 0.717) is 26.3 Å². The van der Waals surface area contributed by atoms with E-state index in [-0.39, 0.29) is 24.0 Å². The number of nitrogens with zero attached hydrogens (tertiary/aromatic N) is 1. The van der Waals surface area contributed by atoms with Crippen molar-refractivity contribution in [3.05, 3.63) is 0 Å². The van der Waals surface area contributed by atoms with Gasteiger partial charge >= 0.3 is 0 Å². The molecule has 1 N–H and O–H groups in total. The zero-order valence-corrected chi connectivity index (χ0v) is 12.2. The summed E-state index contributed by atoms with van der Waals surface area (Å²) in [7, 11) is 0. The molecule has 0 spiro atoms. The third-order valence-corrected chi connectivity index (χ3v) is 2.71. The van der Waals surface area contributed by atoms with Crippen molar-refractivity contribution >= 4 is 11.8 Å². The van der Waals surface area contributed by atoms with Crippen LogP contribution in [0.5, 0.6) is 0 Å². The minimum absolute atomic E-state index is 0.0375. The Kier molecular flexibility index (Phi) is 5.75. The Balaban J connectivity index is 2.34. The van der Waals surface area contributed by atoms with Crippen LogP contribution in [-0.2, 0) is 19.1 Å². The second-order valence-electron chi connectivity index (χ2n) is 5.63. The predicted octanol–water partition coefficient (Wildman–Crippen LogP) is 0.165. The van der Waals surface area contributed by atoms with E-state index in [1.54, 1.807) is 11.8 Å². The Bertz CT molecular complexity index is 319. The first kappa shape index (κ1) is 15.9. The third kappa shape index (κ3) is 6.02. The molecule has 0 bridgehead atoms. The SMILES string of the molecule is CC(NC(=O)COC(C)(C)C)C(=O)N1CCOCC1. The van der Waals surface area contributed by atoms with Crippen LogP contribution in [0.3, 0.4) is 0 Å². The van der Waals surface area contributed by atoms with Crippen LogP contribution in [0.4, 0.5) is 0 Å². The van der Waals surface area contributed by atoms with Crippen LogP contribution in [0.15, 0.2) is 0 Å². The molecule has 6 heteroatoms. The Morgan fingerprint density at radius 2 is 1.89 bits per heavy atom. The van der Waals surface area contributed by atoms with Crippen molar-refractivity contribution in [2.24, 2.45) is 0 Å². The maximum atomic E-state index is 12.0. The topological polar surface area (TPSA) is 67.9 Å². The van der Waals surface area contributed by atoms with Gasteiger partial charge in [-0.3, -0.25) is 9.59 Å². The molecule has 1 saturated heterocycles. The van der Waals surface area contributed by atoms with E-state index in [9.17, 15) is 9.59 Å². The quantitative estimate of drug-likeness (QED) is 0.792. The molecular formula is C13H24N2O4. The van der Waals surface area contributed by atoms with E-state index in [4.69, 9.17) is 9.47 Å². The summed E-state index contributed by atoms with van der Waals surface area (Å²) in [4.78, 5) is 25.4. The van der Waals surface area contributed by atoms with Crippen molar-refractivity contribution < 1.29 is 19.1 Å². The van der Waals surface area contributed by atoms with Crippen LogP contribution in [0.25, 0.3) is 0 Å². The van der Waals surface area contributed by atoms with E-state index in [1.165, 1.54) is 0 Å². The second-order valence-corrected chi connectivity index (χ2v) is 5.63. The molecule has 1 aliphatic rings. The highest BCUT2D eigenvalue weighted by Gasteiger charge is 2.24. The van der Waals surface area contributed by atoms with Crippen LogP contribution in [0.2, 0.25) is 0 Å². The molecule has 110 valence electrons. The summed E-state index contributed by atoms with van der Waals surface area (Å²) in [5.41, 5.74) is -0.366. The predicted molar refractivity (Wildman–Crippen MR) is 70.7 cm³/mol. The molecule has 0 aliphatic carbocycles. The Hall–Kier alpha value is -1.14. The number of amides is 2. The van der Waals surface area contributed by atoms with E-state index < -0.39 is 6.04 Å². The van der Waals surface area contributed by atoms with Gasteiger partial charge in [0.1, 0.15) is 12.6 Å². The van der Waals surface area contributed by atoms with Gasteiger partial charge < -0.3 is 19.7 Å². The van der Waals surface area contributed by atoms with Gasteiger partial charge in [0.15, 0.2) is 0 Å². The summed E-state index contributed by atoms with van der Waals surface area (Å²) in [5, 5.41) is 2.65. The average Bonchev–Trinajstić information content (AvgIpc) is 2.35. The maximum absolute atomic E-state index is 12.0. The van der Waals surface area contributed by atoms with Gasteiger partial charge in [0.05, 0.1) is 18.8 Å². The highest BCUT2D eigenvalue weighted by atomic mass is 16.5. The fourth-order valence-corrected chi connectivity index (χ4v) is 1.68. The lowest BCUT2D eigenvalue weighted by Gasteiger charge is -2.29. The molecule has 6 nitrogen and oxygen atoms in total. The number of rotatable bonds is 4. The molecule has 1 aliphatic heterocycles. The van der Waals surface area contributed by atoms with Crippen molar-refractivity contribution in [1.29, 1.82) is 0 Å². The van der Waals surface area contributed by atoms with Gasteiger partial charge in [-0.25, -0.2) is 0 Å². The molecular weight excluding hydrogens is 248 g/mol. The lowest BCUT2D eigenvalue weighted by atomic mass is 10.2. The third-order valence-electron chi connectivity index (χ3n) is 2.71. The number of morpholine rings is 1. The van der Waals surface area contributed by atoms with Crippen LogP contribution < -0.4 is 5.32 Å². The minimum Gasteiger partial charge on any atom is -0.378 e. The summed E-state index contributed by atoms with van der Waals surface area (Å²) in [6, 6.07) is -0.533. The van der Waals surface area contributed by atoms with Gasteiger partial charge in [0.2, 0.25) is 11.8 Å². The number of hydrogen-bond acceptors (Lipinski definition) is 4. The normalized spacial score (nSPS) is 18.0. The van der Waals surface area contributed by atoms with Gasteiger partial charge in [-0.05, 0) is 27.7 Å². The molecule has 0 saturated carbocycles. The number of nitrogens with one attached hydrogen (secondary N) is 1. The molecule has 0 aromatic carbocycles. The van der Waals surface area contributed by atoms with E-state index in [0.717, 1.165) is 0 Å². The molecule has 1 unspecified atom stereocenters. The molecule has 0 aromatic heterocycles. The van der Waals surface area contributed by atoms with Crippen molar-refractivity contribution in [2.45, 2.75) is 39.3 Å². The molecule has 0 radical (unpaired) electrons. The van der Waals surface area contributed by atoms with E-state index >= 15 is 0 Å². The summed E-state index contributed by atoms with van der Waals surface area (Å²) in [5.74, 6) is -0.351. The Labute approximate surface area is 114 Å². The van der Waals surface area contributed by atoms with Crippen LogP contribution in [0, 0.1) is 0 Å². The molecule has 0 aromatic rings. The molecule has 2 amide bonds. The molecule has 1 rings (SSSR count).